The fraction of sp³-hybridized carbons (Fsp3) is 0.450. The molecule has 2 fully saturated rings. The number of carbonyl (C=O) groups is 2. The molecular weight excluding hydrogens is 400 g/mol. The van der Waals surface area contributed by atoms with Crippen LogP contribution in [-0.2, 0) is 9.59 Å². The van der Waals surface area contributed by atoms with Crippen molar-refractivity contribution in [2.75, 3.05) is 18.4 Å². The van der Waals surface area contributed by atoms with Crippen molar-refractivity contribution in [2.24, 2.45) is 11.8 Å². The van der Waals surface area contributed by atoms with Gasteiger partial charge in [0.25, 0.3) is 0 Å². The van der Waals surface area contributed by atoms with Crippen LogP contribution in [0.2, 0.25) is 0 Å². The molecule has 154 valence electrons. The van der Waals surface area contributed by atoms with Crippen molar-refractivity contribution >= 4 is 28.3 Å². The van der Waals surface area contributed by atoms with E-state index in [9.17, 15) is 18.4 Å². The van der Waals surface area contributed by atoms with Crippen LogP contribution in [0.15, 0.2) is 29.6 Å². The summed E-state index contributed by atoms with van der Waals surface area (Å²) in [5.41, 5.74) is 0.905. The third kappa shape index (κ3) is 4.72. The zero-order valence-electron chi connectivity index (χ0n) is 15.6. The summed E-state index contributed by atoms with van der Waals surface area (Å²) >= 11 is 1.23. The van der Waals surface area contributed by atoms with E-state index in [1.807, 2.05) is 4.90 Å². The molecule has 1 saturated carbocycles. The van der Waals surface area contributed by atoms with Crippen LogP contribution in [0.4, 0.5) is 13.9 Å². The topological polar surface area (TPSA) is 71.5 Å². The summed E-state index contributed by atoms with van der Waals surface area (Å²) in [5.74, 6) is 0.170. The van der Waals surface area contributed by atoms with Gasteiger partial charge in [-0.2, -0.15) is 8.78 Å². The number of para-hydroxylation sites is 1. The van der Waals surface area contributed by atoms with Crippen LogP contribution in [0.3, 0.4) is 0 Å². The monoisotopic (exact) mass is 421 g/mol. The molecule has 1 saturated heterocycles. The zero-order valence-corrected chi connectivity index (χ0v) is 16.5. The van der Waals surface area contributed by atoms with Crippen LogP contribution in [0.25, 0.3) is 11.3 Å². The fourth-order valence-electron chi connectivity index (χ4n) is 3.49. The highest BCUT2D eigenvalue weighted by molar-refractivity contribution is 7.14. The molecule has 4 rings (SSSR count). The first-order valence-electron chi connectivity index (χ1n) is 9.60. The molecule has 0 radical (unpaired) electrons. The Bertz CT molecular complexity index is 893. The Morgan fingerprint density at radius 2 is 1.86 bits per heavy atom. The lowest BCUT2D eigenvalue weighted by Crippen LogP contribution is -2.42. The van der Waals surface area contributed by atoms with Gasteiger partial charge in [0.2, 0.25) is 11.8 Å². The molecule has 1 aliphatic carbocycles. The standard InChI is InChI=1S/C20H21F2N3O3S/c21-19(22)28-16-4-2-1-3-14(16)15-11-29-20(23-15)24-17(26)12-7-9-25(10-8-12)18(27)13-5-6-13/h1-4,11-13,19H,5-10H2,(H,23,24,26). The van der Waals surface area contributed by atoms with E-state index >= 15 is 0 Å². The molecular formula is C20H21F2N3O3S. The Kier molecular flexibility index (Phi) is 5.75. The van der Waals surface area contributed by atoms with Gasteiger partial charge in [0.05, 0.1) is 5.69 Å². The normalized spacial score (nSPS) is 17.4. The molecule has 2 heterocycles. The summed E-state index contributed by atoms with van der Waals surface area (Å²) in [7, 11) is 0. The zero-order chi connectivity index (χ0) is 20.4. The number of hydrogen-bond donors (Lipinski definition) is 1. The van der Waals surface area contributed by atoms with Gasteiger partial charge in [-0.3, -0.25) is 9.59 Å². The van der Waals surface area contributed by atoms with E-state index in [0.29, 0.717) is 42.3 Å². The Labute approximate surface area is 170 Å². The number of rotatable bonds is 6. The SMILES string of the molecule is O=C(Nc1nc(-c2ccccc2OC(F)F)cs1)C1CCN(C(=O)C2CC2)CC1. The maximum absolute atomic E-state index is 12.6. The average Bonchev–Trinajstić information content (AvgIpc) is 3.47. The molecule has 9 heteroatoms. The number of nitrogens with one attached hydrogen (secondary N) is 1. The maximum Gasteiger partial charge on any atom is 0.387 e. The molecule has 2 aromatic rings. The van der Waals surface area contributed by atoms with Gasteiger partial charge in [0.1, 0.15) is 5.75 Å². The molecule has 0 spiro atoms. The lowest BCUT2D eigenvalue weighted by atomic mass is 9.95. The van der Waals surface area contributed by atoms with Crippen molar-refractivity contribution < 1.29 is 23.1 Å². The molecule has 0 atom stereocenters. The first-order chi connectivity index (χ1) is 14.0. The van der Waals surface area contributed by atoms with Crippen LogP contribution in [-0.4, -0.2) is 41.4 Å². The molecule has 1 aromatic heterocycles. The number of nitrogens with zero attached hydrogens (tertiary/aromatic N) is 2. The number of piperidine rings is 1. The smallest absolute Gasteiger partial charge is 0.387 e. The Morgan fingerprint density at radius 3 is 2.55 bits per heavy atom. The van der Waals surface area contributed by atoms with E-state index in [-0.39, 0.29) is 29.4 Å². The highest BCUT2D eigenvalue weighted by Gasteiger charge is 2.36. The molecule has 2 aliphatic rings. The summed E-state index contributed by atoms with van der Waals surface area (Å²) in [6.45, 7) is -1.71. The number of halogens is 2. The van der Waals surface area contributed by atoms with Crippen LogP contribution in [0, 0.1) is 11.8 Å². The molecule has 0 bridgehead atoms. The third-order valence-corrected chi connectivity index (χ3v) is 5.98. The van der Waals surface area contributed by atoms with Crippen LogP contribution < -0.4 is 10.1 Å². The van der Waals surface area contributed by atoms with Crippen LogP contribution in [0.1, 0.15) is 25.7 Å². The van der Waals surface area contributed by atoms with Crippen molar-refractivity contribution in [3.8, 4) is 17.0 Å². The van der Waals surface area contributed by atoms with Gasteiger partial charge >= 0.3 is 6.61 Å². The van der Waals surface area contributed by atoms with Gasteiger partial charge < -0.3 is 15.0 Å². The first kappa shape index (κ1) is 19.8. The van der Waals surface area contributed by atoms with Gasteiger partial charge in [-0.05, 0) is 37.8 Å². The average molecular weight is 421 g/mol. The van der Waals surface area contributed by atoms with Gasteiger partial charge in [-0.25, -0.2) is 4.98 Å². The second kappa shape index (κ2) is 8.44. The number of thiazole rings is 1. The molecule has 6 nitrogen and oxygen atoms in total. The summed E-state index contributed by atoms with van der Waals surface area (Å²) in [5, 5.41) is 4.92. The molecule has 29 heavy (non-hydrogen) atoms. The van der Waals surface area contributed by atoms with Crippen LogP contribution >= 0.6 is 11.3 Å². The fourth-order valence-corrected chi connectivity index (χ4v) is 4.20. The highest BCUT2D eigenvalue weighted by Crippen LogP contribution is 2.34. The van der Waals surface area contributed by atoms with Crippen molar-refractivity contribution in [3.63, 3.8) is 0 Å². The second-order valence-electron chi connectivity index (χ2n) is 7.28. The number of likely N-dealkylation sites (tertiary alicyclic amines) is 1. The number of amides is 2. The van der Waals surface area contributed by atoms with E-state index in [1.54, 1.807) is 23.6 Å². The van der Waals surface area contributed by atoms with E-state index in [1.165, 1.54) is 17.4 Å². The van der Waals surface area contributed by atoms with E-state index < -0.39 is 6.61 Å². The predicted molar refractivity (Wildman–Crippen MR) is 105 cm³/mol. The summed E-state index contributed by atoms with van der Waals surface area (Å²) in [6.07, 6.45) is 3.23. The molecule has 1 N–H and O–H groups in total. The number of benzene rings is 1. The highest BCUT2D eigenvalue weighted by atomic mass is 32.1. The van der Waals surface area contributed by atoms with Crippen LogP contribution in [0.5, 0.6) is 5.75 Å². The lowest BCUT2D eigenvalue weighted by Gasteiger charge is -2.31. The Hall–Kier alpha value is -2.55. The van der Waals surface area contributed by atoms with E-state index in [4.69, 9.17) is 0 Å². The van der Waals surface area contributed by atoms with Gasteiger partial charge in [0.15, 0.2) is 5.13 Å². The van der Waals surface area contributed by atoms with Gasteiger partial charge in [-0.15, -0.1) is 11.3 Å². The van der Waals surface area contributed by atoms with Crippen molar-refractivity contribution in [1.82, 2.24) is 9.88 Å². The summed E-state index contributed by atoms with van der Waals surface area (Å²) < 4.78 is 29.8. The number of hydrogen-bond acceptors (Lipinski definition) is 5. The minimum atomic E-state index is -2.92. The number of aromatic nitrogens is 1. The minimum absolute atomic E-state index is 0.0402. The van der Waals surface area contributed by atoms with Gasteiger partial charge in [-0.1, -0.05) is 12.1 Å². The molecule has 1 aromatic carbocycles. The largest absolute Gasteiger partial charge is 0.434 e. The predicted octanol–water partition coefficient (Wildman–Crippen LogP) is 4.00. The summed E-state index contributed by atoms with van der Waals surface area (Å²) in [6, 6.07) is 6.42. The van der Waals surface area contributed by atoms with Crippen molar-refractivity contribution in [3.05, 3.63) is 29.6 Å². The number of carbonyl (C=O) groups excluding carboxylic acids is 2. The third-order valence-electron chi connectivity index (χ3n) is 5.22. The van der Waals surface area contributed by atoms with E-state index in [2.05, 4.69) is 15.0 Å². The van der Waals surface area contributed by atoms with Crippen molar-refractivity contribution in [2.45, 2.75) is 32.3 Å². The molecule has 2 amide bonds. The van der Waals surface area contributed by atoms with E-state index in [0.717, 1.165) is 12.8 Å². The number of anilines is 1. The number of alkyl halides is 2. The van der Waals surface area contributed by atoms with Crippen molar-refractivity contribution in [1.29, 1.82) is 0 Å². The van der Waals surface area contributed by atoms with Gasteiger partial charge in [0, 0.05) is 35.9 Å². The lowest BCUT2D eigenvalue weighted by molar-refractivity contribution is -0.135. The minimum Gasteiger partial charge on any atom is -0.434 e. The molecule has 0 unspecified atom stereocenters. The first-order valence-corrected chi connectivity index (χ1v) is 10.5. The quantitative estimate of drug-likeness (QED) is 0.765. The molecule has 1 aliphatic heterocycles. The Morgan fingerprint density at radius 1 is 1.14 bits per heavy atom. The maximum atomic E-state index is 12.6. The summed E-state index contributed by atoms with van der Waals surface area (Å²) in [4.78, 5) is 30.9. The second-order valence-corrected chi connectivity index (χ2v) is 8.13. The Balaban J connectivity index is 1.36. The number of ether oxygens (including phenoxy) is 1.